The van der Waals surface area contributed by atoms with Gasteiger partial charge in [0.15, 0.2) is 4.87 Å². The topological polar surface area (TPSA) is 34.2 Å². The Balaban J connectivity index is 2.66. The fourth-order valence-electron chi connectivity index (χ4n) is 0.316. The van der Waals surface area contributed by atoms with Crippen LogP contribution in [0.25, 0.3) is 0 Å². The van der Waals surface area contributed by atoms with E-state index in [0.717, 1.165) is 0 Å². The number of hydrogen-bond acceptors (Lipinski definition) is 1. The molecule has 0 saturated heterocycles. The Morgan fingerprint density at radius 3 is 2.57 bits per heavy atom. The van der Waals surface area contributed by atoms with Gasteiger partial charge in [0, 0.05) is 11.5 Å². The van der Waals surface area contributed by atoms with Crippen LogP contribution < -0.4 is 5.43 Å². The largest absolute Gasteiger partial charge is 0.260 e. The summed E-state index contributed by atoms with van der Waals surface area (Å²) >= 11 is 0. The Morgan fingerprint density at radius 2 is 2.29 bits per heavy atom. The van der Waals surface area contributed by atoms with Crippen LogP contribution in [0, 0.1) is 4.91 Å². The maximum absolute atomic E-state index is 10.1. The SMILES string of the molecule is O=[N+]1C=CC=C[N]1. The molecule has 0 bridgehead atoms. The zero-order chi connectivity index (χ0) is 5.11. The van der Waals surface area contributed by atoms with Gasteiger partial charge in [-0.05, 0) is 6.08 Å². The summed E-state index contributed by atoms with van der Waals surface area (Å²) in [7, 11) is 0. The standard InChI is InChI=1S/C4H4N2O/c7-6-4-2-1-3-5-6/h1-4H/q+1. The van der Waals surface area contributed by atoms with Crippen molar-refractivity contribution in [2.75, 3.05) is 0 Å². The van der Waals surface area contributed by atoms with E-state index in [4.69, 9.17) is 0 Å². The molecule has 0 amide bonds. The Labute approximate surface area is 40.9 Å². The second kappa shape index (κ2) is 1.55. The van der Waals surface area contributed by atoms with Gasteiger partial charge in [0.05, 0.1) is 11.1 Å². The molecular weight excluding hydrogens is 92.1 g/mol. The van der Waals surface area contributed by atoms with Gasteiger partial charge in [0.25, 0.3) is 6.20 Å². The first-order valence-corrected chi connectivity index (χ1v) is 1.90. The van der Waals surface area contributed by atoms with Crippen molar-refractivity contribution in [3.05, 3.63) is 29.5 Å². The molecule has 1 aliphatic heterocycles. The van der Waals surface area contributed by atoms with Crippen LogP contribution in [0.5, 0.6) is 0 Å². The van der Waals surface area contributed by atoms with Crippen molar-refractivity contribution in [3.63, 3.8) is 0 Å². The van der Waals surface area contributed by atoms with Crippen molar-refractivity contribution in [2.24, 2.45) is 0 Å². The molecule has 0 aromatic rings. The number of allylic oxidation sites excluding steroid dienone is 2. The molecule has 0 saturated carbocycles. The summed E-state index contributed by atoms with van der Waals surface area (Å²) < 4.78 is 0. The number of nitroso groups, excluding NO2 is 1. The van der Waals surface area contributed by atoms with E-state index in [1.54, 1.807) is 12.2 Å². The molecule has 0 spiro atoms. The van der Waals surface area contributed by atoms with Crippen LogP contribution in [0.2, 0.25) is 0 Å². The first-order valence-electron chi connectivity index (χ1n) is 1.90. The molecule has 0 N–H and O–H groups in total. The Hall–Kier alpha value is -1.12. The number of rotatable bonds is 0. The van der Waals surface area contributed by atoms with Gasteiger partial charge >= 0.3 is 0 Å². The van der Waals surface area contributed by atoms with E-state index >= 15 is 0 Å². The molecule has 0 fully saturated rings. The number of nitrogens with zero attached hydrogens (tertiary/aromatic N) is 2. The van der Waals surface area contributed by atoms with Crippen LogP contribution in [0.15, 0.2) is 24.6 Å². The van der Waals surface area contributed by atoms with Crippen molar-refractivity contribution < 1.29 is 4.87 Å². The molecule has 3 nitrogen and oxygen atoms in total. The smallest absolute Gasteiger partial charge is 0.0314 e. The summed E-state index contributed by atoms with van der Waals surface area (Å²) in [4.78, 5) is 10.6. The lowest BCUT2D eigenvalue weighted by molar-refractivity contribution is -0.538. The van der Waals surface area contributed by atoms with E-state index in [0.29, 0.717) is 4.87 Å². The molecule has 1 radical (unpaired) electrons. The van der Waals surface area contributed by atoms with Crippen molar-refractivity contribution in [3.8, 4) is 0 Å². The summed E-state index contributed by atoms with van der Waals surface area (Å²) in [5.41, 5.74) is 3.34. The van der Waals surface area contributed by atoms with Crippen LogP contribution in [0.1, 0.15) is 0 Å². The fourth-order valence-corrected chi connectivity index (χ4v) is 0.316. The lowest BCUT2D eigenvalue weighted by Crippen LogP contribution is -2.08. The average molecular weight is 96.1 g/mol. The van der Waals surface area contributed by atoms with E-state index < -0.39 is 0 Å². The molecule has 0 unspecified atom stereocenters. The van der Waals surface area contributed by atoms with Crippen LogP contribution in [-0.2, 0) is 0 Å². The summed E-state index contributed by atoms with van der Waals surface area (Å²) in [6, 6.07) is 0. The predicted molar refractivity (Wildman–Crippen MR) is 24.0 cm³/mol. The van der Waals surface area contributed by atoms with Crippen LogP contribution in [0.4, 0.5) is 0 Å². The summed E-state index contributed by atoms with van der Waals surface area (Å²) in [6.45, 7) is 0. The third kappa shape index (κ3) is 0.855. The van der Waals surface area contributed by atoms with Crippen LogP contribution >= 0.6 is 0 Å². The van der Waals surface area contributed by atoms with Crippen LogP contribution in [0.3, 0.4) is 0 Å². The van der Waals surface area contributed by atoms with Crippen molar-refractivity contribution in [1.82, 2.24) is 5.43 Å². The van der Waals surface area contributed by atoms with Gasteiger partial charge in [0.1, 0.15) is 0 Å². The molecule has 7 heavy (non-hydrogen) atoms. The zero-order valence-corrected chi connectivity index (χ0v) is 3.61. The summed E-state index contributed by atoms with van der Waals surface area (Å²) in [6.07, 6.45) is 6.08. The van der Waals surface area contributed by atoms with Gasteiger partial charge in [0.2, 0.25) is 0 Å². The first-order chi connectivity index (χ1) is 3.39. The van der Waals surface area contributed by atoms with E-state index in [1.807, 2.05) is 0 Å². The normalized spacial score (nSPS) is 16.9. The van der Waals surface area contributed by atoms with Gasteiger partial charge in [-0.3, -0.25) is 0 Å². The van der Waals surface area contributed by atoms with E-state index in [9.17, 15) is 4.91 Å². The molecule has 35 valence electrons. The molecule has 3 heteroatoms. The van der Waals surface area contributed by atoms with Crippen molar-refractivity contribution in [1.29, 1.82) is 0 Å². The molecule has 0 aromatic heterocycles. The molecule has 0 aliphatic carbocycles. The fraction of sp³-hybridized carbons (Fsp3) is 0. The quantitative estimate of drug-likeness (QED) is 0.400. The third-order valence-electron chi connectivity index (χ3n) is 0.591. The minimum atomic E-state index is 0.500. The minimum Gasteiger partial charge on any atom is -0.0314 e. The van der Waals surface area contributed by atoms with Gasteiger partial charge in [-0.25, -0.2) is 0 Å². The Morgan fingerprint density at radius 1 is 1.43 bits per heavy atom. The Kier molecular flexibility index (Phi) is 0.898. The van der Waals surface area contributed by atoms with Crippen molar-refractivity contribution >= 4 is 0 Å². The van der Waals surface area contributed by atoms with E-state index in [2.05, 4.69) is 5.43 Å². The molecular formula is C4H4N2O+. The molecule has 1 heterocycles. The highest BCUT2D eigenvalue weighted by molar-refractivity contribution is 4.98. The molecule has 1 rings (SSSR count). The number of hydrogen-bond donors (Lipinski definition) is 0. The van der Waals surface area contributed by atoms with Crippen molar-refractivity contribution in [2.45, 2.75) is 0 Å². The van der Waals surface area contributed by atoms with Crippen LogP contribution in [-0.4, -0.2) is 4.87 Å². The first kappa shape index (κ1) is 4.05. The third-order valence-corrected chi connectivity index (χ3v) is 0.591. The lowest BCUT2D eigenvalue weighted by Gasteiger charge is -1.78. The zero-order valence-electron chi connectivity index (χ0n) is 3.61. The maximum Gasteiger partial charge on any atom is 0.260 e. The van der Waals surface area contributed by atoms with E-state index in [-0.39, 0.29) is 0 Å². The van der Waals surface area contributed by atoms with E-state index in [1.165, 1.54) is 12.4 Å². The monoisotopic (exact) mass is 96.0 g/mol. The molecule has 0 aromatic carbocycles. The second-order valence-electron chi connectivity index (χ2n) is 1.10. The highest BCUT2D eigenvalue weighted by Crippen LogP contribution is 1.83. The second-order valence-corrected chi connectivity index (χ2v) is 1.10. The lowest BCUT2D eigenvalue weighted by atomic mass is 10.5. The van der Waals surface area contributed by atoms with Gasteiger partial charge in [-0.15, -0.1) is 0 Å². The van der Waals surface area contributed by atoms with Gasteiger partial charge < -0.3 is 0 Å². The molecule has 0 atom stereocenters. The summed E-state index contributed by atoms with van der Waals surface area (Å²) in [5.74, 6) is 0. The van der Waals surface area contributed by atoms with Gasteiger partial charge in [-0.2, -0.15) is 0 Å². The van der Waals surface area contributed by atoms with Gasteiger partial charge in [-0.1, -0.05) is 0 Å². The predicted octanol–water partition coefficient (Wildman–Crippen LogP) is 0.326. The maximum atomic E-state index is 10.1. The summed E-state index contributed by atoms with van der Waals surface area (Å²) in [5, 5.41) is 0. The molecule has 1 aliphatic rings. The minimum absolute atomic E-state index is 0.500. The highest BCUT2D eigenvalue weighted by atomic mass is 16.3. The Bertz CT molecular complexity index is 137. The highest BCUT2D eigenvalue weighted by Gasteiger charge is 2.02. The average Bonchev–Trinajstić information content (AvgIpc) is 1.69.